The largest absolute Gasteiger partial charge is 0.442 e. The van der Waals surface area contributed by atoms with E-state index < -0.39 is 5.56 Å². The van der Waals surface area contributed by atoms with E-state index in [1.807, 2.05) is 0 Å². The zero-order valence-corrected chi connectivity index (χ0v) is 7.47. The molecule has 0 aliphatic rings. The summed E-state index contributed by atoms with van der Waals surface area (Å²) in [6.45, 7) is -0.0509. The summed E-state index contributed by atoms with van der Waals surface area (Å²) in [5.41, 5.74) is -0.880. The van der Waals surface area contributed by atoms with Crippen LogP contribution < -0.4 is 0 Å². The summed E-state index contributed by atoms with van der Waals surface area (Å²) in [5, 5.41) is 16.2. The molecule has 0 saturated heterocycles. The first-order valence-corrected chi connectivity index (χ1v) is 3.48. The Bertz CT molecular complexity index is 35.7. The Balaban J connectivity index is 0. The maximum absolute atomic E-state index is 8.16. The van der Waals surface area contributed by atoms with E-state index >= 15 is 0 Å². The van der Waals surface area contributed by atoms with E-state index in [0.717, 1.165) is 0 Å². The molecule has 3 nitrogen and oxygen atoms in total. The van der Waals surface area contributed by atoms with E-state index in [1.165, 1.54) is 0 Å². The molecule has 0 fully saturated rings. The lowest BCUT2D eigenvalue weighted by Crippen LogP contribution is -1.97. The molecule has 0 amide bonds. The van der Waals surface area contributed by atoms with Crippen LogP contribution in [-0.4, -0.2) is 37.7 Å². The third-order valence-electron chi connectivity index (χ3n) is 0.367. The molecule has 0 spiro atoms. The molecule has 0 radical (unpaired) electrons. The highest BCUT2D eigenvalue weighted by Crippen LogP contribution is 1.92. The lowest BCUT2D eigenvalue weighted by atomic mass is 10.5. The van der Waals surface area contributed by atoms with Crippen molar-refractivity contribution in [3.05, 3.63) is 0 Å². The van der Waals surface area contributed by atoms with E-state index in [2.05, 4.69) is 0 Å². The molecule has 0 aromatic heterocycles. The smallest absolute Gasteiger partial charge is 0.141 e. The summed E-state index contributed by atoms with van der Waals surface area (Å²) in [4.78, 5) is 7.14. The molecular formula is C3H11ClO3Si. The summed E-state index contributed by atoms with van der Waals surface area (Å²) in [5.74, 6) is 0. The van der Waals surface area contributed by atoms with Crippen LogP contribution in [0.1, 0.15) is 6.42 Å². The summed E-state index contributed by atoms with van der Waals surface area (Å²) in [6.07, 6.45) is 0.252. The highest BCUT2D eigenvalue weighted by Gasteiger charge is 1.91. The monoisotopic (exact) mass is 158 g/mol. The Morgan fingerprint density at radius 3 is 1.88 bits per heavy atom. The second kappa shape index (κ2) is 10.4. The number of aliphatic hydroxyl groups is 2. The van der Waals surface area contributed by atoms with E-state index in [9.17, 15) is 0 Å². The molecule has 0 aromatic rings. The second-order valence-corrected chi connectivity index (χ2v) is 1.45. The minimum Gasteiger partial charge on any atom is -0.442 e. The Hall–Kier alpha value is 0.387. The first kappa shape index (κ1) is 11.2. The van der Waals surface area contributed by atoms with Gasteiger partial charge in [0.25, 0.3) is 0 Å². The summed E-state index contributed by atoms with van der Waals surface area (Å²) in [6, 6.07) is 0. The van der Waals surface area contributed by atoms with Crippen molar-refractivity contribution >= 4 is 22.1 Å². The van der Waals surface area contributed by atoms with Crippen LogP contribution in [-0.2, 0) is 0 Å². The van der Waals surface area contributed by atoms with Gasteiger partial charge in [-0.05, 0) is 0 Å². The van der Waals surface area contributed by atoms with Crippen molar-refractivity contribution in [1.29, 1.82) is 0 Å². The third-order valence-corrected chi connectivity index (χ3v) is 0.586. The van der Waals surface area contributed by atoms with Gasteiger partial charge in [-0.15, -0.1) is 0 Å². The Morgan fingerprint density at radius 2 is 1.88 bits per heavy atom. The number of rotatable bonds is 2. The normalized spacial score (nSPS) is 12.0. The molecule has 0 bridgehead atoms. The minimum atomic E-state index is -0.880. The van der Waals surface area contributed by atoms with Crippen molar-refractivity contribution in [2.45, 2.75) is 12.0 Å². The number of halogens is 1. The fraction of sp³-hybridized carbons (Fsp3) is 1.00. The van der Waals surface area contributed by atoms with Crippen molar-refractivity contribution in [1.82, 2.24) is 0 Å². The molecule has 8 heavy (non-hydrogen) atoms. The second-order valence-electron chi connectivity index (χ2n) is 0.947. The average molecular weight is 159 g/mol. The molecule has 1 atom stereocenters. The average Bonchev–Trinajstić information content (AvgIpc) is 1.72. The zero-order valence-electron chi connectivity index (χ0n) is 4.71. The molecule has 0 aliphatic heterocycles. The summed E-state index contributed by atoms with van der Waals surface area (Å²) >= 11 is 4.97. The van der Waals surface area contributed by atoms with Crippen molar-refractivity contribution < 1.29 is 15.0 Å². The number of hydrogen-bond donors (Lipinski definition) is 3. The van der Waals surface area contributed by atoms with E-state index in [-0.39, 0.29) is 13.0 Å². The maximum Gasteiger partial charge on any atom is 0.141 e. The quantitative estimate of drug-likeness (QED) is 0.328. The van der Waals surface area contributed by atoms with Crippen LogP contribution in [0.2, 0.25) is 0 Å². The fourth-order valence-electron chi connectivity index (χ4n) is 0.107. The lowest BCUT2D eigenvalue weighted by Gasteiger charge is -1.92. The van der Waals surface area contributed by atoms with Gasteiger partial charge in [-0.2, -0.15) is 0 Å². The van der Waals surface area contributed by atoms with Crippen molar-refractivity contribution in [3.63, 3.8) is 0 Å². The van der Waals surface area contributed by atoms with Gasteiger partial charge in [-0.25, -0.2) is 0 Å². The standard InChI is InChI=1S/C3H7ClO2.H4OSi/c4-3(6)1-2-5;1-2/h3,5-6H,1-2H2;1H,2H3. The van der Waals surface area contributed by atoms with E-state index in [4.69, 9.17) is 26.6 Å². The van der Waals surface area contributed by atoms with Gasteiger partial charge in [0, 0.05) is 13.0 Å². The van der Waals surface area contributed by atoms with E-state index in [0.29, 0.717) is 10.5 Å². The van der Waals surface area contributed by atoms with Gasteiger partial charge >= 0.3 is 0 Å². The zero-order chi connectivity index (χ0) is 6.99. The molecule has 0 rings (SSSR count). The van der Waals surface area contributed by atoms with Crippen LogP contribution in [0.3, 0.4) is 0 Å². The maximum atomic E-state index is 8.16. The van der Waals surface area contributed by atoms with Gasteiger partial charge in [0.05, 0.1) is 0 Å². The van der Waals surface area contributed by atoms with Gasteiger partial charge in [0.2, 0.25) is 0 Å². The molecule has 0 saturated carbocycles. The minimum absolute atomic E-state index is 0.0509. The number of aliphatic hydroxyl groups excluding tert-OH is 2. The van der Waals surface area contributed by atoms with Crippen LogP contribution >= 0.6 is 11.6 Å². The third kappa shape index (κ3) is 16.2. The summed E-state index contributed by atoms with van der Waals surface area (Å²) in [7, 11) is 0.306. The van der Waals surface area contributed by atoms with Gasteiger partial charge in [0.1, 0.15) is 16.0 Å². The molecule has 52 valence electrons. The van der Waals surface area contributed by atoms with Crippen molar-refractivity contribution in [2.75, 3.05) is 6.61 Å². The van der Waals surface area contributed by atoms with Crippen molar-refractivity contribution in [2.24, 2.45) is 0 Å². The van der Waals surface area contributed by atoms with Crippen LogP contribution in [0.25, 0.3) is 0 Å². The molecule has 0 aliphatic carbocycles. The van der Waals surface area contributed by atoms with E-state index in [1.54, 1.807) is 0 Å². The molecule has 1 unspecified atom stereocenters. The van der Waals surface area contributed by atoms with Crippen LogP contribution in [0.15, 0.2) is 0 Å². The molecule has 3 N–H and O–H groups in total. The van der Waals surface area contributed by atoms with Gasteiger partial charge in [0.15, 0.2) is 0 Å². The lowest BCUT2D eigenvalue weighted by molar-refractivity contribution is 0.194. The first-order chi connectivity index (χ1) is 3.77. The van der Waals surface area contributed by atoms with Gasteiger partial charge in [-0.1, -0.05) is 11.6 Å². The molecule has 5 heteroatoms. The predicted molar refractivity (Wildman–Crippen MR) is 35.7 cm³/mol. The fourth-order valence-corrected chi connectivity index (χ4v) is 0.204. The Labute approximate surface area is 56.5 Å². The highest BCUT2D eigenvalue weighted by atomic mass is 35.5. The Morgan fingerprint density at radius 1 is 1.50 bits per heavy atom. The van der Waals surface area contributed by atoms with Gasteiger partial charge in [-0.3, -0.25) is 0 Å². The number of hydrogen-bond acceptors (Lipinski definition) is 3. The molecule has 0 aromatic carbocycles. The Kier molecular flexibility index (Phi) is 14.6. The van der Waals surface area contributed by atoms with Crippen LogP contribution in [0, 0.1) is 0 Å². The molecule has 0 heterocycles. The highest BCUT2D eigenvalue weighted by molar-refractivity contribution is 6.19. The summed E-state index contributed by atoms with van der Waals surface area (Å²) < 4.78 is 0. The molecular weight excluding hydrogens is 148 g/mol. The van der Waals surface area contributed by atoms with Crippen LogP contribution in [0.4, 0.5) is 0 Å². The van der Waals surface area contributed by atoms with Gasteiger partial charge < -0.3 is 15.0 Å². The topological polar surface area (TPSA) is 60.7 Å². The predicted octanol–water partition coefficient (Wildman–Crippen LogP) is -1.81. The number of alkyl halides is 1. The van der Waals surface area contributed by atoms with Crippen LogP contribution in [0.5, 0.6) is 0 Å². The first-order valence-electron chi connectivity index (χ1n) is 2.15. The SMILES string of the molecule is OCCC(O)Cl.O[SiH3]. The van der Waals surface area contributed by atoms with Crippen molar-refractivity contribution in [3.8, 4) is 0 Å².